The Morgan fingerprint density at radius 2 is 2.05 bits per heavy atom. The molecule has 0 bridgehead atoms. The molecule has 1 aromatic rings. The van der Waals surface area contributed by atoms with Crippen molar-refractivity contribution in [2.24, 2.45) is 0 Å². The standard InChI is InChI=1S/C15H22N4OS/c1-5-7-8-9-18-10-17(4)15(20)19(11-18)14-12(3)13(6-2)16-21-14/h5-6,9-11H2,1-4H3. The molecule has 0 aromatic carbocycles. The molecule has 0 saturated carbocycles. The van der Waals surface area contributed by atoms with E-state index >= 15 is 0 Å². The van der Waals surface area contributed by atoms with E-state index in [2.05, 4.69) is 28.0 Å². The maximum Gasteiger partial charge on any atom is 0.327 e. The molecule has 0 atom stereocenters. The highest BCUT2D eigenvalue weighted by Gasteiger charge is 2.31. The van der Waals surface area contributed by atoms with Gasteiger partial charge in [0.15, 0.2) is 0 Å². The van der Waals surface area contributed by atoms with Gasteiger partial charge < -0.3 is 4.90 Å². The van der Waals surface area contributed by atoms with Crippen molar-refractivity contribution in [3.05, 3.63) is 11.3 Å². The zero-order valence-electron chi connectivity index (χ0n) is 13.1. The van der Waals surface area contributed by atoms with Crippen LogP contribution in [0.3, 0.4) is 0 Å². The minimum Gasteiger partial charge on any atom is -0.314 e. The van der Waals surface area contributed by atoms with Crippen molar-refractivity contribution in [2.45, 2.75) is 33.6 Å². The Bertz CT molecular complexity index is 572. The SMILES string of the molecule is CCC#CCN1CN(C)C(=O)N(c2snc(CC)c2C)C1. The summed E-state index contributed by atoms with van der Waals surface area (Å²) >= 11 is 1.41. The van der Waals surface area contributed by atoms with Gasteiger partial charge in [0.05, 0.1) is 25.6 Å². The molecular formula is C15H22N4OS. The summed E-state index contributed by atoms with van der Waals surface area (Å²) in [4.78, 5) is 18.1. The Morgan fingerprint density at radius 3 is 2.67 bits per heavy atom. The normalized spacial score (nSPS) is 16.1. The van der Waals surface area contributed by atoms with E-state index in [1.165, 1.54) is 11.5 Å². The molecule has 1 aliphatic rings. The number of aromatic nitrogens is 1. The quantitative estimate of drug-likeness (QED) is 0.806. The lowest BCUT2D eigenvalue weighted by atomic mass is 10.2. The van der Waals surface area contributed by atoms with Crippen molar-refractivity contribution in [1.82, 2.24) is 14.2 Å². The van der Waals surface area contributed by atoms with Crippen molar-refractivity contribution in [1.29, 1.82) is 0 Å². The molecule has 2 rings (SSSR count). The summed E-state index contributed by atoms with van der Waals surface area (Å²) in [7, 11) is 1.83. The van der Waals surface area contributed by atoms with Crippen molar-refractivity contribution in [3.8, 4) is 11.8 Å². The van der Waals surface area contributed by atoms with Gasteiger partial charge in [0.25, 0.3) is 0 Å². The van der Waals surface area contributed by atoms with Gasteiger partial charge in [0, 0.05) is 19.0 Å². The highest BCUT2D eigenvalue weighted by atomic mass is 32.1. The van der Waals surface area contributed by atoms with Gasteiger partial charge in [-0.05, 0) is 24.9 Å². The fourth-order valence-corrected chi connectivity index (χ4v) is 3.31. The van der Waals surface area contributed by atoms with Crippen LogP contribution < -0.4 is 4.90 Å². The van der Waals surface area contributed by atoms with E-state index in [9.17, 15) is 4.79 Å². The maximum atomic E-state index is 12.4. The Kier molecular flexibility index (Phi) is 5.21. The Hall–Kier alpha value is -1.58. The monoisotopic (exact) mass is 306 g/mol. The number of aryl methyl sites for hydroxylation is 1. The molecule has 0 spiro atoms. The fraction of sp³-hybridized carbons (Fsp3) is 0.600. The zero-order valence-corrected chi connectivity index (χ0v) is 14.0. The minimum absolute atomic E-state index is 0.0316. The largest absolute Gasteiger partial charge is 0.327 e. The molecule has 1 fully saturated rings. The number of carbonyl (C=O) groups is 1. The van der Waals surface area contributed by atoms with E-state index in [0.29, 0.717) is 19.9 Å². The first-order chi connectivity index (χ1) is 10.1. The van der Waals surface area contributed by atoms with Crippen LogP contribution in [0.5, 0.6) is 0 Å². The number of nitrogens with zero attached hydrogens (tertiary/aromatic N) is 4. The van der Waals surface area contributed by atoms with E-state index < -0.39 is 0 Å². The topological polar surface area (TPSA) is 39.7 Å². The molecule has 0 unspecified atom stereocenters. The van der Waals surface area contributed by atoms with Crippen LogP contribution in [0.2, 0.25) is 0 Å². The van der Waals surface area contributed by atoms with Gasteiger partial charge in [0.1, 0.15) is 5.00 Å². The Balaban J connectivity index is 2.19. The van der Waals surface area contributed by atoms with E-state index in [1.807, 2.05) is 25.8 Å². The molecule has 0 radical (unpaired) electrons. The van der Waals surface area contributed by atoms with Crippen molar-refractivity contribution in [3.63, 3.8) is 0 Å². The molecule has 0 N–H and O–H groups in total. The summed E-state index contributed by atoms with van der Waals surface area (Å²) in [5.41, 5.74) is 2.19. The van der Waals surface area contributed by atoms with Crippen molar-refractivity contribution in [2.75, 3.05) is 31.8 Å². The van der Waals surface area contributed by atoms with Crippen LogP contribution in [0.25, 0.3) is 0 Å². The summed E-state index contributed by atoms with van der Waals surface area (Å²) in [6, 6.07) is 0.0316. The smallest absolute Gasteiger partial charge is 0.314 e. The lowest BCUT2D eigenvalue weighted by molar-refractivity contribution is 0.141. The van der Waals surface area contributed by atoms with Gasteiger partial charge in [-0.3, -0.25) is 9.80 Å². The second-order valence-corrected chi connectivity index (χ2v) is 5.89. The van der Waals surface area contributed by atoms with Gasteiger partial charge >= 0.3 is 6.03 Å². The highest BCUT2D eigenvalue weighted by Crippen LogP contribution is 2.30. The number of urea groups is 1. The summed E-state index contributed by atoms with van der Waals surface area (Å²) in [6.45, 7) is 8.04. The second kappa shape index (κ2) is 6.92. The van der Waals surface area contributed by atoms with Gasteiger partial charge in [0.2, 0.25) is 0 Å². The summed E-state index contributed by atoms with van der Waals surface area (Å²) in [5, 5.41) is 0.955. The van der Waals surface area contributed by atoms with Crippen LogP contribution in [-0.4, -0.2) is 47.1 Å². The van der Waals surface area contributed by atoms with Gasteiger partial charge in [-0.25, -0.2) is 4.79 Å². The molecule has 6 heteroatoms. The second-order valence-electron chi connectivity index (χ2n) is 5.14. The maximum absolute atomic E-state index is 12.4. The van der Waals surface area contributed by atoms with Crippen LogP contribution in [0.15, 0.2) is 0 Å². The highest BCUT2D eigenvalue weighted by molar-refractivity contribution is 7.10. The molecule has 2 amide bonds. The third-order valence-corrected chi connectivity index (χ3v) is 4.50. The predicted molar refractivity (Wildman–Crippen MR) is 86.4 cm³/mol. The van der Waals surface area contributed by atoms with Crippen LogP contribution in [-0.2, 0) is 6.42 Å². The molecule has 5 nitrogen and oxygen atoms in total. The lowest BCUT2D eigenvalue weighted by Crippen LogP contribution is -2.56. The number of anilines is 1. The molecule has 1 aromatic heterocycles. The molecule has 0 aliphatic carbocycles. The lowest BCUT2D eigenvalue weighted by Gasteiger charge is -2.39. The van der Waals surface area contributed by atoms with Crippen LogP contribution in [0, 0.1) is 18.8 Å². The van der Waals surface area contributed by atoms with Gasteiger partial charge in [-0.15, -0.1) is 5.92 Å². The molecule has 1 saturated heterocycles. The number of hydrogen-bond acceptors (Lipinski definition) is 4. The first-order valence-electron chi connectivity index (χ1n) is 7.24. The van der Waals surface area contributed by atoms with E-state index in [4.69, 9.17) is 0 Å². The average molecular weight is 306 g/mol. The van der Waals surface area contributed by atoms with Crippen molar-refractivity contribution >= 4 is 22.6 Å². The van der Waals surface area contributed by atoms with E-state index in [-0.39, 0.29) is 6.03 Å². The number of carbonyl (C=O) groups excluding carboxylic acids is 1. The van der Waals surface area contributed by atoms with E-state index in [0.717, 1.165) is 29.1 Å². The number of amides is 2. The molecule has 2 heterocycles. The van der Waals surface area contributed by atoms with Crippen molar-refractivity contribution < 1.29 is 4.79 Å². The van der Waals surface area contributed by atoms with Crippen LogP contribution >= 0.6 is 11.5 Å². The minimum atomic E-state index is 0.0316. The van der Waals surface area contributed by atoms with Gasteiger partial charge in [-0.1, -0.05) is 19.8 Å². The zero-order chi connectivity index (χ0) is 15.4. The van der Waals surface area contributed by atoms with Crippen LogP contribution in [0.1, 0.15) is 31.5 Å². The summed E-state index contributed by atoms with van der Waals surface area (Å²) < 4.78 is 4.45. The average Bonchev–Trinajstić information content (AvgIpc) is 2.83. The summed E-state index contributed by atoms with van der Waals surface area (Å²) in [6.07, 6.45) is 1.76. The third kappa shape index (κ3) is 3.36. The van der Waals surface area contributed by atoms with E-state index in [1.54, 1.807) is 4.90 Å². The number of rotatable bonds is 3. The first-order valence-corrected chi connectivity index (χ1v) is 8.01. The van der Waals surface area contributed by atoms with Crippen LogP contribution in [0.4, 0.5) is 9.80 Å². The fourth-order valence-electron chi connectivity index (χ4n) is 2.36. The third-order valence-electron chi connectivity index (χ3n) is 3.49. The molecular weight excluding hydrogens is 284 g/mol. The first kappa shape index (κ1) is 15.8. The summed E-state index contributed by atoms with van der Waals surface area (Å²) in [5.74, 6) is 6.22. The predicted octanol–water partition coefficient (Wildman–Crippen LogP) is 2.52. The molecule has 21 heavy (non-hydrogen) atoms. The Morgan fingerprint density at radius 1 is 1.29 bits per heavy atom. The van der Waals surface area contributed by atoms with Gasteiger partial charge in [-0.2, -0.15) is 4.37 Å². The Labute approximate surface area is 130 Å². The molecule has 114 valence electrons. The molecule has 1 aliphatic heterocycles. The number of hydrogen-bond donors (Lipinski definition) is 0.